The second-order valence-electron chi connectivity index (χ2n) is 8.78. The minimum atomic E-state index is -0.0269. The molecule has 32 heavy (non-hydrogen) atoms. The number of methoxy groups -OCH3 is 1. The lowest BCUT2D eigenvalue weighted by molar-refractivity contribution is 0.190. The Morgan fingerprint density at radius 1 is 0.875 bits per heavy atom. The zero-order valence-electron chi connectivity index (χ0n) is 18.8. The molecule has 168 valence electrons. The van der Waals surface area contributed by atoms with E-state index >= 15 is 0 Å². The maximum absolute atomic E-state index is 5.78. The van der Waals surface area contributed by atoms with Crippen LogP contribution in [0.4, 0.5) is 5.69 Å². The van der Waals surface area contributed by atoms with Gasteiger partial charge in [0.25, 0.3) is 0 Å². The predicted molar refractivity (Wildman–Crippen MR) is 125 cm³/mol. The molecule has 0 radical (unpaired) electrons. The van der Waals surface area contributed by atoms with E-state index in [1.165, 1.54) is 24.9 Å². The zero-order valence-corrected chi connectivity index (χ0v) is 18.8. The summed E-state index contributed by atoms with van der Waals surface area (Å²) in [5, 5.41) is 13.2. The number of para-hydroxylation sites is 2. The van der Waals surface area contributed by atoms with Gasteiger partial charge in [0.1, 0.15) is 11.8 Å². The Bertz CT molecular complexity index is 992. The van der Waals surface area contributed by atoms with Crippen molar-refractivity contribution in [1.82, 2.24) is 25.1 Å². The molecule has 0 bridgehead atoms. The number of ether oxygens (including phenoxy) is 1. The first-order chi connectivity index (χ1) is 15.8. The van der Waals surface area contributed by atoms with Crippen molar-refractivity contribution in [3.8, 4) is 5.75 Å². The molecule has 1 aromatic heterocycles. The van der Waals surface area contributed by atoms with E-state index in [-0.39, 0.29) is 6.04 Å². The standard InChI is InChI=1S/C25H32N6O/c1-32-23-15-9-8-14-22(23)24(25-26-27-28-31(25)21-12-6-3-7-13-21)30-18-16-29(17-19-30)20-10-4-2-5-11-20/h2,4-5,8-11,14-15,21,24H,3,6-7,12-13,16-19H2,1H3/t24-/m1/s1. The van der Waals surface area contributed by atoms with Crippen LogP contribution in [0.3, 0.4) is 0 Å². The molecule has 0 amide bonds. The van der Waals surface area contributed by atoms with Gasteiger partial charge in [-0.1, -0.05) is 55.7 Å². The molecule has 5 rings (SSSR count). The van der Waals surface area contributed by atoms with E-state index in [9.17, 15) is 0 Å². The molecule has 2 aliphatic rings. The van der Waals surface area contributed by atoms with Crippen molar-refractivity contribution >= 4 is 5.69 Å². The van der Waals surface area contributed by atoms with Crippen LogP contribution in [0.1, 0.15) is 55.6 Å². The van der Waals surface area contributed by atoms with Crippen molar-refractivity contribution in [3.63, 3.8) is 0 Å². The Balaban J connectivity index is 1.46. The molecule has 1 aliphatic heterocycles. The van der Waals surface area contributed by atoms with Gasteiger partial charge in [0.05, 0.1) is 13.2 Å². The van der Waals surface area contributed by atoms with E-state index in [4.69, 9.17) is 4.74 Å². The van der Waals surface area contributed by atoms with Gasteiger partial charge in [-0.2, -0.15) is 0 Å². The van der Waals surface area contributed by atoms with Gasteiger partial charge in [0.2, 0.25) is 0 Å². The van der Waals surface area contributed by atoms with Crippen molar-refractivity contribution in [2.24, 2.45) is 0 Å². The molecule has 2 aromatic carbocycles. The minimum absolute atomic E-state index is 0.0269. The summed E-state index contributed by atoms with van der Waals surface area (Å²) < 4.78 is 7.89. The second kappa shape index (κ2) is 9.69. The summed E-state index contributed by atoms with van der Waals surface area (Å²) in [6.07, 6.45) is 6.11. The van der Waals surface area contributed by atoms with Crippen LogP contribution in [0.25, 0.3) is 0 Å². The van der Waals surface area contributed by atoms with Crippen LogP contribution >= 0.6 is 0 Å². The fourth-order valence-electron chi connectivity index (χ4n) is 5.23. The molecule has 1 saturated heterocycles. The van der Waals surface area contributed by atoms with Crippen LogP contribution in [-0.2, 0) is 0 Å². The summed E-state index contributed by atoms with van der Waals surface area (Å²) in [4.78, 5) is 4.97. The first kappa shape index (κ1) is 20.9. The summed E-state index contributed by atoms with van der Waals surface area (Å²) in [7, 11) is 1.74. The highest BCUT2D eigenvalue weighted by Gasteiger charge is 2.34. The van der Waals surface area contributed by atoms with Crippen molar-refractivity contribution < 1.29 is 4.74 Å². The van der Waals surface area contributed by atoms with E-state index < -0.39 is 0 Å². The lowest BCUT2D eigenvalue weighted by Crippen LogP contribution is -2.48. The number of tetrazole rings is 1. The van der Waals surface area contributed by atoms with Gasteiger partial charge in [-0.15, -0.1) is 5.10 Å². The van der Waals surface area contributed by atoms with Gasteiger partial charge in [-0.3, -0.25) is 4.90 Å². The monoisotopic (exact) mass is 432 g/mol. The van der Waals surface area contributed by atoms with Crippen LogP contribution in [0.15, 0.2) is 54.6 Å². The Morgan fingerprint density at radius 2 is 1.59 bits per heavy atom. The van der Waals surface area contributed by atoms with Crippen LogP contribution in [-0.4, -0.2) is 58.4 Å². The Morgan fingerprint density at radius 3 is 2.34 bits per heavy atom. The van der Waals surface area contributed by atoms with Crippen molar-refractivity contribution in [2.45, 2.75) is 44.2 Å². The molecule has 2 heterocycles. The highest BCUT2D eigenvalue weighted by molar-refractivity contribution is 5.46. The highest BCUT2D eigenvalue weighted by Crippen LogP contribution is 2.37. The van der Waals surface area contributed by atoms with Crippen molar-refractivity contribution in [2.75, 3.05) is 38.2 Å². The van der Waals surface area contributed by atoms with Crippen LogP contribution in [0.2, 0.25) is 0 Å². The number of aromatic nitrogens is 4. The molecule has 7 heteroatoms. The molecular formula is C25H32N6O. The molecule has 7 nitrogen and oxygen atoms in total. The molecule has 0 unspecified atom stereocenters. The smallest absolute Gasteiger partial charge is 0.173 e. The first-order valence-electron chi connectivity index (χ1n) is 11.8. The quantitative estimate of drug-likeness (QED) is 0.585. The predicted octanol–water partition coefficient (Wildman–Crippen LogP) is 4.10. The summed E-state index contributed by atoms with van der Waals surface area (Å²) in [5.74, 6) is 1.83. The van der Waals surface area contributed by atoms with E-state index in [0.29, 0.717) is 6.04 Å². The fraction of sp³-hybridized carbons (Fsp3) is 0.480. The van der Waals surface area contributed by atoms with Gasteiger partial charge in [0, 0.05) is 37.4 Å². The number of rotatable bonds is 6. The maximum Gasteiger partial charge on any atom is 0.173 e. The molecule has 1 aliphatic carbocycles. The van der Waals surface area contributed by atoms with Gasteiger partial charge < -0.3 is 9.64 Å². The van der Waals surface area contributed by atoms with Crippen molar-refractivity contribution in [3.05, 3.63) is 66.0 Å². The number of hydrogen-bond acceptors (Lipinski definition) is 6. The van der Waals surface area contributed by atoms with Crippen LogP contribution < -0.4 is 9.64 Å². The third-order valence-electron chi connectivity index (χ3n) is 6.92. The van der Waals surface area contributed by atoms with Gasteiger partial charge in [-0.25, -0.2) is 4.68 Å². The number of benzene rings is 2. The summed E-state index contributed by atoms with van der Waals surface area (Å²) in [5.41, 5.74) is 2.42. The lowest BCUT2D eigenvalue weighted by Gasteiger charge is -2.40. The van der Waals surface area contributed by atoms with Crippen molar-refractivity contribution in [1.29, 1.82) is 0 Å². The average Bonchev–Trinajstić information content (AvgIpc) is 3.35. The normalized spacial score (nSPS) is 19.1. The van der Waals surface area contributed by atoms with E-state index in [0.717, 1.165) is 56.2 Å². The third-order valence-corrected chi connectivity index (χ3v) is 6.92. The number of piperazine rings is 1. The first-order valence-corrected chi connectivity index (χ1v) is 11.8. The third kappa shape index (κ3) is 4.21. The van der Waals surface area contributed by atoms with Gasteiger partial charge in [-0.05, 0) is 41.5 Å². The number of nitrogens with zero attached hydrogens (tertiary/aromatic N) is 6. The van der Waals surface area contributed by atoms with Gasteiger partial charge in [0.15, 0.2) is 5.82 Å². The molecule has 0 spiro atoms. The van der Waals surface area contributed by atoms with Gasteiger partial charge >= 0.3 is 0 Å². The minimum Gasteiger partial charge on any atom is -0.496 e. The summed E-state index contributed by atoms with van der Waals surface area (Å²) >= 11 is 0. The highest BCUT2D eigenvalue weighted by atomic mass is 16.5. The molecular weight excluding hydrogens is 400 g/mol. The molecule has 2 fully saturated rings. The van der Waals surface area contributed by atoms with E-state index in [1.807, 2.05) is 12.1 Å². The summed E-state index contributed by atoms with van der Waals surface area (Å²) in [6, 6.07) is 19.3. The number of hydrogen-bond donors (Lipinski definition) is 0. The maximum atomic E-state index is 5.78. The SMILES string of the molecule is COc1ccccc1[C@H](c1nnnn1C1CCCCC1)N1CCN(c2ccccc2)CC1. The lowest BCUT2D eigenvalue weighted by atomic mass is 9.95. The average molecular weight is 433 g/mol. The molecule has 1 atom stereocenters. The Labute approximate surface area is 190 Å². The number of anilines is 1. The molecule has 3 aromatic rings. The topological polar surface area (TPSA) is 59.3 Å². The second-order valence-corrected chi connectivity index (χ2v) is 8.78. The zero-order chi connectivity index (χ0) is 21.8. The fourth-order valence-corrected chi connectivity index (χ4v) is 5.23. The molecule has 1 saturated carbocycles. The van der Waals surface area contributed by atoms with E-state index in [2.05, 4.69) is 72.5 Å². The van der Waals surface area contributed by atoms with Crippen LogP contribution in [0, 0.1) is 0 Å². The molecule has 0 N–H and O–H groups in total. The Kier molecular flexibility index (Phi) is 6.34. The van der Waals surface area contributed by atoms with E-state index in [1.54, 1.807) is 7.11 Å². The van der Waals surface area contributed by atoms with Crippen LogP contribution in [0.5, 0.6) is 5.75 Å². The Hall–Kier alpha value is -2.93. The summed E-state index contributed by atoms with van der Waals surface area (Å²) in [6.45, 7) is 3.82. The largest absolute Gasteiger partial charge is 0.496 e.